The maximum absolute atomic E-state index is 10.9. The van der Waals surface area contributed by atoms with Gasteiger partial charge in [0.1, 0.15) is 12.4 Å². The number of aromatic nitrogens is 1. The Morgan fingerprint density at radius 3 is 3.06 bits per heavy atom. The smallest absolute Gasteiger partial charge is 0.166 e. The van der Waals surface area contributed by atoms with E-state index in [2.05, 4.69) is 0 Å². The second-order valence-corrected chi connectivity index (χ2v) is 3.91. The van der Waals surface area contributed by atoms with E-state index in [0.717, 1.165) is 28.5 Å². The largest absolute Gasteiger partial charge is 0.489 e. The molecule has 0 atom stereocenters. The zero-order chi connectivity index (χ0) is 11.1. The van der Waals surface area contributed by atoms with Crippen LogP contribution < -0.4 is 4.74 Å². The zero-order valence-corrected chi connectivity index (χ0v) is 8.93. The number of rotatable bonds is 1. The fourth-order valence-corrected chi connectivity index (χ4v) is 2.09. The minimum Gasteiger partial charge on any atom is -0.489 e. The third-order valence-corrected chi connectivity index (χ3v) is 2.96. The Kier molecular flexibility index (Phi) is 1.86. The third kappa shape index (κ3) is 1.18. The summed E-state index contributed by atoms with van der Waals surface area (Å²) in [4.78, 5) is 10.9. The van der Waals surface area contributed by atoms with Crippen molar-refractivity contribution in [1.29, 1.82) is 0 Å². The Morgan fingerprint density at radius 2 is 2.25 bits per heavy atom. The molecule has 3 nitrogen and oxygen atoms in total. The van der Waals surface area contributed by atoms with Crippen LogP contribution in [0.2, 0.25) is 0 Å². The van der Waals surface area contributed by atoms with E-state index in [-0.39, 0.29) is 0 Å². The Morgan fingerprint density at radius 1 is 1.38 bits per heavy atom. The predicted octanol–water partition coefficient (Wildman–Crippen LogP) is 2.40. The van der Waals surface area contributed by atoms with Crippen LogP contribution in [0.5, 0.6) is 5.75 Å². The number of carbonyl (C=O) groups excluding carboxylic acids is 1. The summed E-state index contributed by atoms with van der Waals surface area (Å²) in [5.41, 5.74) is 2.78. The minimum absolute atomic E-state index is 0.615. The Labute approximate surface area is 92.9 Å². The van der Waals surface area contributed by atoms with Crippen LogP contribution in [0, 0.1) is 0 Å². The lowest BCUT2D eigenvalue weighted by molar-refractivity contribution is 0.111. The molecule has 1 aliphatic rings. The quantitative estimate of drug-likeness (QED) is 0.681. The minimum atomic E-state index is 0.615. The Hall–Kier alpha value is -2.03. The predicted molar refractivity (Wildman–Crippen MR) is 62.8 cm³/mol. The summed E-state index contributed by atoms with van der Waals surface area (Å²) in [6.45, 7) is 0.615. The number of benzene rings is 1. The molecule has 16 heavy (non-hydrogen) atoms. The highest BCUT2D eigenvalue weighted by Crippen LogP contribution is 2.30. The van der Waals surface area contributed by atoms with Crippen LogP contribution in [-0.4, -0.2) is 17.5 Å². The number of hydrogen-bond acceptors (Lipinski definition) is 2. The molecule has 0 radical (unpaired) electrons. The van der Waals surface area contributed by atoms with Crippen molar-refractivity contribution in [3.63, 3.8) is 0 Å². The van der Waals surface area contributed by atoms with Gasteiger partial charge in [0.05, 0.1) is 11.2 Å². The van der Waals surface area contributed by atoms with Gasteiger partial charge >= 0.3 is 0 Å². The van der Waals surface area contributed by atoms with Crippen LogP contribution in [0.1, 0.15) is 16.1 Å². The van der Waals surface area contributed by atoms with Crippen LogP contribution in [0.25, 0.3) is 17.0 Å². The van der Waals surface area contributed by atoms with Crippen molar-refractivity contribution in [3.8, 4) is 5.75 Å². The van der Waals surface area contributed by atoms with Gasteiger partial charge in [-0.25, -0.2) is 0 Å². The lowest BCUT2D eigenvalue weighted by Crippen LogP contribution is -2.00. The monoisotopic (exact) mass is 213 g/mol. The molecular formula is C13H11NO2. The molecule has 1 aromatic heterocycles. The molecule has 0 unspecified atom stereocenters. The molecule has 0 amide bonds. The van der Waals surface area contributed by atoms with E-state index in [1.807, 2.05) is 42.0 Å². The summed E-state index contributed by atoms with van der Waals surface area (Å²) in [5, 5.41) is 1.07. The molecule has 0 saturated heterocycles. The molecule has 3 rings (SSSR count). The standard InChI is InChI=1S/C13H11NO2/c1-14-11(8-15)6-10-5-9-3-2-4-16-13(9)7-12(10)14/h2-3,5-8H,4H2,1H3. The van der Waals surface area contributed by atoms with Crippen molar-refractivity contribution < 1.29 is 9.53 Å². The normalized spacial score (nSPS) is 13.6. The van der Waals surface area contributed by atoms with Crippen molar-refractivity contribution in [2.24, 2.45) is 7.05 Å². The average molecular weight is 213 g/mol. The molecule has 0 aliphatic carbocycles. The average Bonchev–Trinajstić information content (AvgIpc) is 2.63. The summed E-state index contributed by atoms with van der Waals surface area (Å²) in [5.74, 6) is 0.883. The van der Waals surface area contributed by atoms with Crippen LogP contribution in [0.3, 0.4) is 0 Å². The van der Waals surface area contributed by atoms with Gasteiger partial charge in [-0.3, -0.25) is 4.79 Å². The fraction of sp³-hybridized carbons (Fsp3) is 0.154. The third-order valence-electron chi connectivity index (χ3n) is 2.96. The van der Waals surface area contributed by atoms with Gasteiger partial charge in [0.25, 0.3) is 0 Å². The van der Waals surface area contributed by atoms with Crippen LogP contribution in [0.4, 0.5) is 0 Å². The van der Waals surface area contributed by atoms with Crippen molar-refractivity contribution in [3.05, 3.63) is 35.5 Å². The van der Waals surface area contributed by atoms with Gasteiger partial charge < -0.3 is 9.30 Å². The molecule has 0 spiro atoms. The van der Waals surface area contributed by atoms with Gasteiger partial charge in [0.15, 0.2) is 6.29 Å². The second-order valence-electron chi connectivity index (χ2n) is 3.91. The Balaban J connectivity index is 2.34. The maximum Gasteiger partial charge on any atom is 0.166 e. The number of fused-ring (bicyclic) bond motifs is 2. The number of nitrogens with zero attached hydrogens (tertiary/aromatic N) is 1. The van der Waals surface area contributed by atoms with Crippen molar-refractivity contribution in [2.75, 3.05) is 6.61 Å². The zero-order valence-electron chi connectivity index (χ0n) is 8.93. The molecule has 3 heteroatoms. The van der Waals surface area contributed by atoms with Crippen LogP contribution in [-0.2, 0) is 7.05 Å². The molecule has 2 heterocycles. The molecule has 0 N–H and O–H groups in total. The van der Waals surface area contributed by atoms with Crippen LogP contribution in [0.15, 0.2) is 24.3 Å². The van der Waals surface area contributed by atoms with Gasteiger partial charge in [-0.2, -0.15) is 0 Å². The van der Waals surface area contributed by atoms with Gasteiger partial charge in [0.2, 0.25) is 0 Å². The second kappa shape index (κ2) is 3.23. The Bertz CT molecular complexity index is 608. The molecule has 80 valence electrons. The summed E-state index contributed by atoms with van der Waals surface area (Å²) in [7, 11) is 1.89. The first kappa shape index (κ1) is 9.21. The summed E-state index contributed by atoms with van der Waals surface area (Å²) < 4.78 is 7.42. The van der Waals surface area contributed by atoms with E-state index in [4.69, 9.17) is 4.74 Å². The molecule has 0 bridgehead atoms. The first-order valence-electron chi connectivity index (χ1n) is 5.17. The van der Waals surface area contributed by atoms with E-state index < -0.39 is 0 Å². The molecular weight excluding hydrogens is 202 g/mol. The first-order valence-corrected chi connectivity index (χ1v) is 5.17. The van der Waals surface area contributed by atoms with E-state index >= 15 is 0 Å². The molecule has 0 fully saturated rings. The number of ether oxygens (including phenoxy) is 1. The molecule has 0 saturated carbocycles. The van der Waals surface area contributed by atoms with Crippen molar-refractivity contribution in [2.45, 2.75) is 0 Å². The van der Waals surface area contributed by atoms with Crippen LogP contribution >= 0.6 is 0 Å². The topological polar surface area (TPSA) is 31.2 Å². The van der Waals surface area contributed by atoms with Gasteiger partial charge in [0, 0.05) is 24.1 Å². The summed E-state index contributed by atoms with van der Waals surface area (Å²) in [6, 6.07) is 5.93. The molecule has 2 aromatic rings. The highest BCUT2D eigenvalue weighted by atomic mass is 16.5. The number of aryl methyl sites for hydroxylation is 1. The van der Waals surface area contributed by atoms with E-state index in [9.17, 15) is 4.79 Å². The lowest BCUT2D eigenvalue weighted by Gasteiger charge is -2.12. The number of hydrogen-bond donors (Lipinski definition) is 0. The van der Waals surface area contributed by atoms with Gasteiger partial charge in [-0.05, 0) is 18.2 Å². The maximum atomic E-state index is 10.9. The van der Waals surface area contributed by atoms with Crippen molar-refractivity contribution >= 4 is 23.3 Å². The molecule has 1 aromatic carbocycles. The highest BCUT2D eigenvalue weighted by molar-refractivity contribution is 5.91. The van der Waals surface area contributed by atoms with Gasteiger partial charge in [-0.15, -0.1) is 0 Å². The lowest BCUT2D eigenvalue weighted by atomic mass is 10.1. The number of aldehydes is 1. The van der Waals surface area contributed by atoms with E-state index in [1.165, 1.54) is 0 Å². The fourth-order valence-electron chi connectivity index (χ4n) is 2.09. The summed E-state index contributed by atoms with van der Waals surface area (Å²) in [6.07, 6.45) is 4.90. The van der Waals surface area contributed by atoms with E-state index in [1.54, 1.807) is 0 Å². The van der Waals surface area contributed by atoms with E-state index in [0.29, 0.717) is 12.3 Å². The summed E-state index contributed by atoms with van der Waals surface area (Å²) >= 11 is 0. The highest BCUT2D eigenvalue weighted by Gasteiger charge is 2.11. The number of carbonyl (C=O) groups is 1. The van der Waals surface area contributed by atoms with Crippen molar-refractivity contribution in [1.82, 2.24) is 4.57 Å². The first-order chi connectivity index (χ1) is 7.79. The SMILES string of the molecule is Cn1c(C=O)cc2cc3c(cc21)OCC=C3. The van der Waals surface area contributed by atoms with Gasteiger partial charge in [-0.1, -0.05) is 6.08 Å². The molecule has 1 aliphatic heterocycles.